The Morgan fingerprint density at radius 1 is 1.39 bits per heavy atom. The number of nitrogens with two attached hydrogens (primary N) is 1. The van der Waals surface area contributed by atoms with Crippen LogP contribution in [0.2, 0.25) is 0 Å². The molecule has 100 valence electrons. The first-order valence-electron chi connectivity index (χ1n) is 6.73. The van der Waals surface area contributed by atoms with E-state index in [0.717, 1.165) is 17.8 Å². The number of hydrogen-bond acceptors (Lipinski definition) is 5. The van der Waals surface area contributed by atoms with Gasteiger partial charge in [-0.1, -0.05) is 20.3 Å². The Labute approximate surface area is 113 Å². The predicted molar refractivity (Wildman–Crippen MR) is 79.0 cm³/mol. The van der Waals surface area contributed by atoms with Crippen molar-refractivity contribution in [1.29, 1.82) is 0 Å². The average Bonchev–Trinajstić information content (AvgIpc) is 2.78. The van der Waals surface area contributed by atoms with Gasteiger partial charge in [-0.2, -0.15) is 11.8 Å². The summed E-state index contributed by atoms with van der Waals surface area (Å²) >= 11 is 2.05. The third-order valence-electron chi connectivity index (χ3n) is 3.49. The summed E-state index contributed by atoms with van der Waals surface area (Å²) in [6, 6.07) is 0.523. The lowest BCUT2D eigenvalue weighted by atomic mass is 10.2. The van der Waals surface area contributed by atoms with Gasteiger partial charge in [-0.05, 0) is 25.0 Å². The summed E-state index contributed by atoms with van der Waals surface area (Å²) in [4.78, 5) is 8.42. The highest BCUT2D eigenvalue weighted by atomic mass is 32.2. The van der Waals surface area contributed by atoms with Crippen molar-refractivity contribution in [2.24, 2.45) is 0 Å². The number of nitrogens with one attached hydrogen (secondary N) is 1. The predicted octanol–water partition coefficient (Wildman–Crippen LogP) is 2.71. The number of thioether (sulfide) groups is 1. The molecule has 0 radical (unpaired) electrons. The van der Waals surface area contributed by atoms with Crippen molar-refractivity contribution >= 4 is 23.4 Å². The van der Waals surface area contributed by atoms with Gasteiger partial charge in [-0.3, -0.25) is 0 Å². The van der Waals surface area contributed by atoms with Gasteiger partial charge in [0.25, 0.3) is 0 Å². The van der Waals surface area contributed by atoms with Crippen LogP contribution in [0.1, 0.15) is 38.7 Å². The van der Waals surface area contributed by atoms with Crippen molar-refractivity contribution in [3.63, 3.8) is 0 Å². The van der Waals surface area contributed by atoms with Crippen LogP contribution in [0.25, 0.3) is 0 Å². The molecule has 18 heavy (non-hydrogen) atoms. The van der Waals surface area contributed by atoms with Crippen LogP contribution in [0, 0.1) is 0 Å². The monoisotopic (exact) mass is 266 g/mol. The molecular formula is C13H22N4S. The van der Waals surface area contributed by atoms with Crippen molar-refractivity contribution < 1.29 is 0 Å². The fraction of sp³-hybridized carbons (Fsp3) is 0.692. The zero-order valence-electron chi connectivity index (χ0n) is 11.1. The molecule has 0 saturated heterocycles. The Balaban J connectivity index is 2.11. The van der Waals surface area contributed by atoms with Crippen LogP contribution < -0.4 is 11.1 Å². The molecule has 2 rings (SSSR count). The Kier molecular flexibility index (Phi) is 4.69. The fourth-order valence-electron chi connectivity index (χ4n) is 2.58. The number of anilines is 2. The molecule has 1 fully saturated rings. The van der Waals surface area contributed by atoms with E-state index < -0.39 is 0 Å². The van der Waals surface area contributed by atoms with E-state index in [1.54, 1.807) is 6.33 Å². The Hall–Kier alpha value is -0.970. The highest BCUT2D eigenvalue weighted by Crippen LogP contribution is 2.32. The molecule has 0 amide bonds. The normalized spacial score (nSPS) is 23.2. The zero-order valence-corrected chi connectivity index (χ0v) is 12.0. The first-order chi connectivity index (χ1) is 8.76. The molecule has 0 spiro atoms. The summed E-state index contributed by atoms with van der Waals surface area (Å²) in [5, 5.41) is 4.29. The average molecular weight is 266 g/mol. The molecule has 1 saturated carbocycles. The zero-order chi connectivity index (χ0) is 13.0. The largest absolute Gasteiger partial charge is 0.383 e. The van der Waals surface area contributed by atoms with E-state index in [1.165, 1.54) is 25.0 Å². The van der Waals surface area contributed by atoms with E-state index in [-0.39, 0.29) is 0 Å². The van der Waals surface area contributed by atoms with Crippen LogP contribution in [0.4, 0.5) is 11.6 Å². The molecule has 5 heteroatoms. The van der Waals surface area contributed by atoms with Gasteiger partial charge in [0.1, 0.15) is 18.0 Å². The van der Waals surface area contributed by atoms with Crippen LogP contribution in [0.3, 0.4) is 0 Å². The van der Waals surface area contributed by atoms with Crippen molar-refractivity contribution in [2.45, 2.75) is 50.8 Å². The fourth-order valence-corrected chi connectivity index (χ4v) is 3.78. The van der Waals surface area contributed by atoms with Crippen LogP contribution in [-0.2, 0) is 6.42 Å². The third kappa shape index (κ3) is 2.88. The van der Waals surface area contributed by atoms with E-state index in [9.17, 15) is 0 Å². The molecule has 0 bridgehead atoms. The second-order valence-corrected chi connectivity index (χ2v) is 6.13. The van der Waals surface area contributed by atoms with Crippen molar-refractivity contribution in [3.8, 4) is 0 Å². The molecule has 0 aliphatic heterocycles. The molecule has 1 aliphatic rings. The molecule has 0 aromatic carbocycles. The number of nitrogen functional groups attached to an aromatic ring is 1. The number of nitrogens with zero attached hydrogens (tertiary/aromatic N) is 2. The summed E-state index contributed by atoms with van der Waals surface area (Å²) in [5.74, 6) is 2.71. The maximum atomic E-state index is 5.90. The van der Waals surface area contributed by atoms with Gasteiger partial charge < -0.3 is 11.1 Å². The summed E-state index contributed by atoms with van der Waals surface area (Å²) in [6.45, 7) is 4.31. The van der Waals surface area contributed by atoms with Crippen molar-refractivity contribution in [2.75, 3.05) is 16.8 Å². The number of hydrogen-bond donors (Lipinski definition) is 2. The van der Waals surface area contributed by atoms with E-state index in [0.29, 0.717) is 17.1 Å². The summed E-state index contributed by atoms with van der Waals surface area (Å²) in [6.07, 6.45) is 6.25. The number of aromatic nitrogens is 2. The smallest absolute Gasteiger partial charge is 0.134 e. The third-order valence-corrected chi connectivity index (χ3v) is 4.81. The molecule has 1 aromatic rings. The molecule has 1 aromatic heterocycles. The van der Waals surface area contributed by atoms with Gasteiger partial charge in [0.05, 0.1) is 0 Å². The summed E-state index contributed by atoms with van der Waals surface area (Å²) in [5.41, 5.74) is 6.95. The van der Waals surface area contributed by atoms with Gasteiger partial charge >= 0.3 is 0 Å². The van der Waals surface area contributed by atoms with E-state index in [4.69, 9.17) is 5.73 Å². The summed E-state index contributed by atoms with van der Waals surface area (Å²) in [7, 11) is 0. The lowest BCUT2D eigenvalue weighted by molar-refractivity contribution is 0.759. The quantitative estimate of drug-likeness (QED) is 0.858. The molecule has 1 aliphatic carbocycles. The lowest BCUT2D eigenvalue weighted by Crippen LogP contribution is -2.27. The van der Waals surface area contributed by atoms with E-state index in [2.05, 4.69) is 29.1 Å². The van der Waals surface area contributed by atoms with E-state index >= 15 is 0 Å². The van der Waals surface area contributed by atoms with Gasteiger partial charge in [0, 0.05) is 16.9 Å². The first-order valence-corrected chi connectivity index (χ1v) is 7.78. The number of rotatable bonds is 5. The molecular weight excluding hydrogens is 244 g/mol. The van der Waals surface area contributed by atoms with Crippen molar-refractivity contribution in [3.05, 3.63) is 11.9 Å². The van der Waals surface area contributed by atoms with Crippen LogP contribution >= 0.6 is 11.8 Å². The van der Waals surface area contributed by atoms with Gasteiger partial charge in [0.15, 0.2) is 0 Å². The Bertz CT molecular complexity index is 397. The maximum Gasteiger partial charge on any atom is 0.134 e. The van der Waals surface area contributed by atoms with Crippen LogP contribution in [0.15, 0.2) is 6.33 Å². The Morgan fingerprint density at radius 3 is 2.94 bits per heavy atom. The lowest BCUT2D eigenvalue weighted by Gasteiger charge is -2.22. The molecule has 2 atom stereocenters. The highest BCUT2D eigenvalue weighted by Gasteiger charge is 2.27. The topological polar surface area (TPSA) is 63.8 Å². The Morgan fingerprint density at radius 2 is 2.22 bits per heavy atom. The molecule has 2 unspecified atom stereocenters. The molecule has 4 nitrogen and oxygen atoms in total. The second-order valence-electron chi connectivity index (χ2n) is 4.62. The highest BCUT2D eigenvalue weighted by molar-refractivity contribution is 7.99. The maximum absolute atomic E-state index is 5.90. The van der Waals surface area contributed by atoms with Crippen LogP contribution in [0.5, 0.6) is 0 Å². The SMILES string of the molecule is CCSC1CCCC1Nc1ncnc(N)c1CC. The second kappa shape index (κ2) is 6.27. The van der Waals surface area contributed by atoms with Gasteiger partial charge in [0.2, 0.25) is 0 Å². The van der Waals surface area contributed by atoms with Crippen LogP contribution in [-0.4, -0.2) is 27.0 Å². The standard InChI is InChI=1S/C13H22N4S/c1-3-9-12(14)15-8-16-13(9)17-10-6-5-7-11(10)18-4-2/h8,10-11H,3-7H2,1-2H3,(H3,14,15,16,17). The van der Waals surface area contributed by atoms with Crippen molar-refractivity contribution in [1.82, 2.24) is 9.97 Å². The molecule has 1 heterocycles. The minimum Gasteiger partial charge on any atom is -0.383 e. The first kappa shape index (κ1) is 13.5. The van der Waals surface area contributed by atoms with E-state index in [1.807, 2.05) is 11.8 Å². The minimum atomic E-state index is 0.523. The molecule has 3 N–H and O–H groups in total. The van der Waals surface area contributed by atoms with Gasteiger partial charge in [-0.25, -0.2) is 9.97 Å². The minimum absolute atomic E-state index is 0.523. The van der Waals surface area contributed by atoms with Gasteiger partial charge in [-0.15, -0.1) is 0 Å². The summed E-state index contributed by atoms with van der Waals surface area (Å²) < 4.78 is 0.